The number of esters is 1. The van der Waals surface area contributed by atoms with E-state index in [1.54, 1.807) is 34.6 Å². The van der Waals surface area contributed by atoms with Gasteiger partial charge in [0.05, 0.1) is 47.1 Å². The summed E-state index contributed by atoms with van der Waals surface area (Å²) in [5, 5.41) is 35.7. The van der Waals surface area contributed by atoms with Gasteiger partial charge < -0.3 is 49.1 Å². The van der Waals surface area contributed by atoms with E-state index in [0.717, 1.165) is 6.42 Å². The molecule has 50 heavy (non-hydrogen) atoms. The van der Waals surface area contributed by atoms with Crippen LogP contribution in [0.3, 0.4) is 0 Å². The minimum Gasteiger partial charge on any atom is -0.462 e. The smallest absolute Gasteiger partial charge is 0.311 e. The SMILES string of the molecule is C=C(C(=O)CO)C(=O)[C@H](C)C[C@@](C)(O)[C@H](O[C@H]1C[C@@H](NC)C[C@@H](C)O1)[C@@H](C)[C@H](O[C@H]1C[C@@](C)(OC)[C@@H](O)[C@H](C)O1)C(C)C(=O)OC(CC)CC. The molecule has 2 fully saturated rings. The zero-order chi connectivity index (χ0) is 38.1. The van der Waals surface area contributed by atoms with Crippen LogP contribution in [0.25, 0.3) is 0 Å². The van der Waals surface area contributed by atoms with Crippen LogP contribution in [0.15, 0.2) is 12.2 Å². The quantitative estimate of drug-likeness (QED) is 0.0626. The van der Waals surface area contributed by atoms with Crippen LogP contribution in [-0.4, -0.2) is 120 Å². The number of ether oxygens (including phenoxy) is 6. The molecule has 0 aromatic carbocycles. The number of carbonyl (C=O) groups is 3. The molecule has 0 radical (unpaired) electrons. The predicted molar refractivity (Wildman–Crippen MR) is 186 cm³/mol. The lowest BCUT2D eigenvalue weighted by Crippen LogP contribution is -2.59. The summed E-state index contributed by atoms with van der Waals surface area (Å²) in [4.78, 5) is 39.0. The average Bonchev–Trinajstić information content (AvgIpc) is 3.08. The fourth-order valence-corrected chi connectivity index (χ4v) is 7.28. The van der Waals surface area contributed by atoms with Gasteiger partial charge >= 0.3 is 5.97 Å². The summed E-state index contributed by atoms with van der Waals surface area (Å²) in [6, 6.07) is 0.0780. The molecule has 0 spiro atoms. The van der Waals surface area contributed by atoms with E-state index in [2.05, 4.69) is 11.9 Å². The third kappa shape index (κ3) is 11.3. The van der Waals surface area contributed by atoms with Crippen molar-refractivity contribution in [3.63, 3.8) is 0 Å². The number of carbonyl (C=O) groups excluding carboxylic acids is 3. The molecule has 0 aliphatic carbocycles. The Morgan fingerprint density at radius 1 is 1.06 bits per heavy atom. The number of hydrogen-bond acceptors (Lipinski definition) is 13. The van der Waals surface area contributed by atoms with Crippen LogP contribution in [-0.2, 0) is 42.8 Å². The molecule has 0 bridgehead atoms. The Bertz CT molecular complexity index is 1130. The van der Waals surface area contributed by atoms with Crippen molar-refractivity contribution in [3.05, 3.63) is 12.2 Å². The number of Topliss-reactive ketones (excluding diaryl/α,β-unsaturated/α-hetero) is 2. The molecule has 0 aromatic heterocycles. The Balaban J connectivity index is 2.60. The Morgan fingerprint density at radius 3 is 2.22 bits per heavy atom. The summed E-state index contributed by atoms with van der Waals surface area (Å²) in [7, 11) is 3.36. The van der Waals surface area contributed by atoms with Gasteiger partial charge in [-0.1, -0.05) is 34.3 Å². The van der Waals surface area contributed by atoms with E-state index < -0.39 is 90.1 Å². The van der Waals surface area contributed by atoms with Crippen LogP contribution in [0, 0.1) is 17.8 Å². The monoisotopic (exact) mass is 715 g/mol. The lowest BCUT2D eigenvalue weighted by Gasteiger charge is -2.48. The van der Waals surface area contributed by atoms with E-state index >= 15 is 0 Å². The van der Waals surface area contributed by atoms with Crippen LogP contribution in [0.1, 0.15) is 101 Å². The topological polar surface area (TPSA) is 179 Å². The number of rotatable bonds is 20. The minimum absolute atomic E-state index is 0.0780. The van der Waals surface area contributed by atoms with Crippen molar-refractivity contribution in [1.29, 1.82) is 0 Å². The number of methoxy groups -OCH3 is 1. The first-order chi connectivity index (χ1) is 23.3. The molecule has 13 heteroatoms. The Hall–Kier alpha value is -1.81. The standard InChI is InChI=1S/C37H65NO12/c1-13-27(14-2)48-35(43)24(7)32(49-30-18-37(10,45-12)33(42)25(8)47-30)23(6)34(50-29-16-26(38-11)15-21(4)46-29)36(9,44)17-20(3)31(41)22(5)28(40)19-39/h20-21,23-27,29-30,32-34,38-39,42,44H,5,13-19H2,1-4,6-12H3/t20-,21-,23+,24?,25+,26+,29+,30+,32+,33+,34-,36-,37-/m1/s1. The van der Waals surface area contributed by atoms with Crippen molar-refractivity contribution in [2.45, 2.75) is 167 Å². The maximum atomic E-state index is 13.7. The molecule has 13 nitrogen and oxygen atoms in total. The molecule has 2 aliphatic rings. The van der Waals surface area contributed by atoms with E-state index in [4.69, 9.17) is 28.4 Å². The number of nitrogens with one attached hydrogen (secondary N) is 1. The number of aliphatic hydroxyl groups is 3. The highest BCUT2D eigenvalue weighted by atomic mass is 16.7. The molecule has 0 aromatic rings. The second kappa shape index (κ2) is 19.3. The summed E-state index contributed by atoms with van der Waals surface area (Å²) >= 11 is 0. The second-order valence-electron chi connectivity index (χ2n) is 14.8. The van der Waals surface area contributed by atoms with Crippen LogP contribution in [0.2, 0.25) is 0 Å². The van der Waals surface area contributed by atoms with E-state index in [0.29, 0.717) is 19.3 Å². The highest BCUT2D eigenvalue weighted by Crippen LogP contribution is 2.39. The molecule has 290 valence electrons. The van der Waals surface area contributed by atoms with Gasteiger partial charge in [0, 0.05) is 37.8 Å². The van der Waals surface area contributed by atoms with Crippen molar-refractivity contribution >= 4 is 17.5 Å². The Morgan fingerprint density at radius 2 is 1.68 bits per heavy atom. The lowest BCUT2D eigenvalue weighted by atomic mass is 9.76. The molecule has 2 heterocycles. The summed E-state index contributed by atoms with van der Waals surface area (Å²) in [6.45, 7) is 18.6. The Kier molecular flexibility index (Phi) is 17.1. The maximum Gasteiger partial charge on any atom is 0.311 e. The van der Waals surface area contributed by atoms with Crippen LogP contribution in [0.4, 0.5) is 0 Å². The van der Waals surface area contributed by atoms with Gasteiger partial charge in [0.25, 0.3) is 0 Å². The predicted octanol–water partition coefficient (Wildman–Crippen LogP) is 3.24. The lowest BCUT2D eigenvalue weighted by molar-refractivity contribution is -0.307. The molecular formula is C37H65NO12. The third-order valence-corrected chi connectivity index (χ3v) is 10.6. The van der Waals surface area contributed by atoms with Gasteiger partial charge in [0.15, 0.2) is 24.1 Å². The van der Waals surface area contributed by atoms with Crippen LogP contribution >= 0.6 is 0 Å². The third-order valence-electron chi connectivity index (χ3n) is 10.6. The van der Waals surface area contributed by atoms with E-state index in [9.17, 15) is 29.7 Å². The molecule has 2 aliphatic heterocycles. The van der Waals surface area contributed by atoms with E-state index in [1.807, 2.05) is 27.8 Å². The molecule has 4 N–H and O–H groups in total. The average molecular weight is 716 g/mol. The van der Waals surface area contributed by atoms with Gasteiger partial charge in [-0.15, -0.1) is 0 Å². The molecule has 13 atom stereocenters. The maximum absolute atomic E-state index is 13.7. The molecule has 0 saturated carbocycles. The fourth-order valence-electron chi connectivity index (χ4n) is 7.28. The van der Waals surface area contributed by atoms with Gasteiger partial charge in [-0.2, -0.15) is 0 Å². The van der Waals surface area contributed by atoms with Crippen molar-refractivity contribution in [2.75, 3.05) is 20.8 Å². The molecule has 2 rings (SSSR count). The van der Waals surface area contributed by atoms with Crippen LogP contribution < -0.4 is 5.32 Å². The second-order valence-corrected chi connectivity index (χ2v) is 14.8. The number of ketones is 2. The zero-order valence-corrected chi connectivity index (χ0v) is 32.1. The largest absolute Gasteiger partial charge is 0.462 e. The van der Waals surface area contributed by atoms with Gasteiger partial charge in [0.2, 0.25) is 0 Å². The molecule has 0 amide bonds. The summed E-state index contributed by atoms with van der Waals surface area (Å²) in [5.74, 6) is -4.39. The first kappa shape index (κ1) is 44.4. The van der Waals surface area contributed by atoms with Gasteiger partial charge in [-0.05, 0) is 67.3 Å². The minimum atomic E-state index is -1.74. The first-order valence-corrected chi connectivity index (χ1v) is 18.1. The molecular weight excluding hydrogens is 650 g/mol. The number of hydrogen-bond donors (Lipinski definition) is 4. The zero-order valence-electron chi connectivity index (χ0n) is 32.1. The molecule has 2 saturated heterocycles. The van der Waals surface area contributed by atoms with E-state index in [1.165, 1.54) is 14.0 Å². The van der Waals surface area contributed by atoms with Crippen molar-refractivity contribution in [2.24, 2.45) is 17.8 Å². The summed E-state index contributed by atoms with van der Waals surface area (Å²) in [6.07, 6.45) is -3.27. The summed E-state index contributed by atoms with van der Waals surface area (Å²) < 4.78 is 37.2. The van der Waals surface area contributed by atoms with Crippen LogP contribution in [0.5, 0.6) is 0 Å². The highest BCUT2D eigenvalue weighted by molar-refractivity contribution is 6.20. The van der Waals surface area contributed by atoms with Gasteiger partial charge in [0.1, 0.15) is 18.8 Å². The number of aliphatic hydroxyl groups excluding tert-OH is 2. The van der Waals surface area contributed by atoms with Crippen molar-refractivity contribution < 1.29 is 58.1 Å². The van der Waals surface area contributed by atoms with Crippen molar-refractivity contribution in [1.82, 2.24) is 5.32 Å². The Labute approximate surface area is 298 Å². The van der Waals surface area contributed by atoms with Gasteiger partial charge in [-0.25, -0.2) is 0 Å². The van der Waals surface area contributed by atoms with Crippen molar-refractivity contribution in [3.8, 4) is 0 Å². The highest BCUT2D eigenvalue weighted by Gasteiger charge is 2.50. The normalized spacial score (nSPS) is 31.6. The summed E-state index contributed by atoms with van der Waals surface area (Å²) in [5.41, 5.74) is -3.10. The fraction of sp³-hybridized carbons (Fsp3) is 0.865. The molecule has 1 unspecified atom stereocenters. The van der Waals surface area contributed by atoms with Gasteiger partial charge in [-0.3, -0.25) is 14.4 Å². The van der Waals surface area contributed by atoms with E-state index in [-0.39, 0.29) is 36.7 Å². The first-order valence-electron chi connectivity index (χ1n) is 18.1.